The number of urea groups is 1. The van der Waals surface area contributed by atoms with E-state index in [0.717, 1.165) is 83.4 Å². The van der Waals surface area contributed by atoms with Gasteiger partial charge in [0.05, 0.1) is 28.5 Å². The first-order chi connectivity index (χ1) is 42.7. The van der Waals surface area contributed by atoms with Crippen molar-refractivity contribution in [3.63, 3.8) is 0 Å². The Morgan fingerprint density at radius 1 is 0.533 bits per heavy atom. The summed E-state index contributed by atoms with van der Waals surface area (Å²) in [6, 6.07) is 55.5. The Morgan fingerprint density at radius 3 is 1.48 bits per heavy atom. The number of fused-ring (bicyclic) bond motifs is 4. The number of nitrogen functional groups attached to an aromatic ring is 1. The van der Waals surface area contributed by atoms with Crippen molar-refractivity contribution in [1.29, 1.82) is 0 Å². The topological polar surface area (TPSA) is 244 Å². The Kier molecular flexibility index (Phi) is 18.0. The van der Waals surface area contributed by atoms with E-state index in [0.29, 0.717) is 46.2 Å². The monoisotopic (exact) mass is 1220 g/mol. The quantitative estimate of drug-likeness (QED) is 0.0778. The predicted molar refractivity (Wildman–Crippen MR) is 357 cm³/mol. The molecule has 0 saturated heterocycles. The van der Waals surface area contributed by atoms with E-state index in [1.54, 1.807) is 33.9 Å². The van der Waals surface area contributed by atoms with Gasteiger partial charge in [-0.1, -0.05) is 156 Å². The van der Waals surface area contributed by atoms with Crippen molar-refractivity contribution in [3.8, 4) is 51.1 Å². The number of pyridine rings is 2. The Morgan fingerprint density at radius 2 is 0.978 bits per heavy atom. The van der Waals surface area contributed by atoms with Gasteiger partial charge in [0, 0.05) is 62.9 Å². The van der Waals surface area contributed by atoms with Crippen LogP contribution >= 0.6 is 12.4 Å². The standard InChI is InChI=1S/C32H30N6O3.C21H23N3O2.C17H13N3O2.ClH/c1-19-9-11-21(12-10-19)38-28(16-27(37-38)32(2,3)4)36-31(40)35-25-14-13-22(23-7-5-6-8-24(23)25)20-15-26-30(33-17-20)41-18-29(39)34-26;1-15-10-12-16(13-11-15)24-19(14-18(23-24)21(2,3)4)22-20(25)26-17-8-6-5-7-9-17;18-14-6-5-11(12-3-1-2-4-13(12)14)10-7-15-17(19-8-10)22-9-16(21)20-15;/h5-17H,18H2,1-4H3,(H,34,39)(H2,35,36,40);5-14H,1-4H3,(H,22,25);1-8H,9,18H2,(H,20,21);1H. The molecule has 456 valence electrons. The average molecular weight is 1220 g/mol. The minimum absolute atomic E-state index is 0. The average Bonchev–Trinajstić information content (AvgIpc) is 1.32. The molecule has 0 bridgehead atoms. The maximum Gasteiger partial charge on any atom is 0.418 e. The molecule has 2 aliphatic heterocycles. The Hall–Kier alpha value is -11.1. The number of hydrogen-bond acceptors (Lipinski definition) is 12. The number of carbonyl (C=O) groups excluding carboxylic acids is 4. The second-order valence-corrected chi connectivity index (χ2v) is 23.5. The molecule has 20 heteroatoms. The second-order valence-electron chi connectivity index (χ2n) is 23.5. The Balaban J connectivity index is 0.000000157. The summed E-state index contributed by atoms with van der Waals surface area (Å²) in [4.78, 5) is 57.6. The van der Waals surface area contributed by atoms with Gasteiger partial charge in [-0.25, -0.2) is 28.9 Å². The minimum Gasteiger partial charge on any atom is -0.466 e. The summed E-state index contributed by atoms with van der Waals surface area (Å²) >= 11 is 0. The largest absolute Gasteiger partial charge is 0.466 e. The summed E-state index contributed by atoms with van der Waals surface area (Å²) in [7, 11) is 0. The highest BCUT2D eigenvalue weighted by Crippen LogP contribution is 2.39. The number of amides is 5. The number of nitrogens with zero attached hydrogens (tertiary/aromatic N) is 6. The molecule has 7 N–H and O–H groups in total. The van der Waals surface area contributed by atoms with E-state index in [1.807, 2.05) is 178 Å². The lowest BCUT2D eigenvalue weighted by molar-refractivity contribution is -0.119. The van der Waals surface area contributed by atoms with Gasteiger partial charge in [-0.2, -0.15) is 10.2 Å². The SMILES string of the molecule is Cc1ccc(-n2nc(C(C)(C)C)cc2NC(=O)Nc2ccc(-c3cnc4c(c3)NC(=O)CO4)c3ccccc23)cc1.Cc1ccc(-n2nc(C(C)(C)C)cc2NC(=O)Oc2ccccc2)cc1.Cl.Nc1ccc(-c2cnc3c(c2)NC(=O)CO3)c2ccccc12. The van der Waals surface area contributed by atoms with Gasteiger partial charge in [-0.3, -0.25) is 20.2 Å². The summed E-state index contributed by atoms with van der Waals surface area (Å²) in [6.45, 7) is 16.5. The van der Waals surface area contributed by atoms with Crippen molar-refractivity contribution in [3.05, 3.63) is 211 Å². The van der Waals surface area contributed by atoms with Crippen LogP contribution < -0.4 is 46.5 Å². The third-order valence-electron chi connectivity index (χ3n) is 14.6. The summed E-state index contributed by atoms with van der Waals surface area (Å²) in [5, 5.41) is 27.7. The molecule has 0 fully saturated rings. The normalized spacial score (nSPS) is 12.4. The van der Waals surface area contributed by atoms with Crippen LogP contribution in [0.1, 0.15) is 64.1 Å². The van der Waals surface area contributed by atoms with Crippen LogP contribution in [0.3, 0.4) is 0 Å². The molecular weight excluding hydrogens is 1160 g/mol. The number of aryl methyl sites for hydroxylation is 2. The second kappa shape index (κ2) is 26.1. The van der Waals surface area contributed by atoms with Crippen molar-refractivity contribution >= 4 is 92.3 Å². The number of rotatable bonds is 8. The lowest BCUT2D eigenvalue weighted by Gasteiger charge is -2.18. The Labute approximate surface area is 526 Å². The van der Waals surface area contributed by atoms with Gasteiger partial charge in [0.15, 0.2) is 13.2 Å². The first-order valence-electron chi connectivity index (χ1n) is 28.8. The number of benzene rings is 7. The van der Waals surface area contributed by atoms with Crippen LogP contribution in [0.4, 0.5) is 44.0 Å². The molecule has 6 heterocycles. The van der Waals surface area contributed by atoms with Crippen LogP contribution in [0.15, 0.2) is 188 Å². The number of hydrogen-bond donors (Lipinski definition) is 6. The number of para-hydroxylation sites is 1. The molecule has 0 radical (unpaired) electrons. The van der Waals surface area contributed by atoms with Crippen LogP contribution in [0, 0.1) is 13.8 Å². The van der Waals surface area contributed by atoms with E-state index in [1.165, 1.54) is 0 Å². The van der Waals surface area contributed by atoms with Crippen molar-refractivity contribution in [2.75, 3.05) is 45.5 Å². The highest BCUT2D eigenvalue weighted by Gasteiger charge is 2.25. The van der Waals surface area contributed by atoms with Gasteiger partial charge < -0.3 is 35.9 Å². The zero-order valence-electron chi connectivity index (χ0n) is 50.8. The predicted octanol–water partition coefficient (Wildman–Crippen LogP) is 15.0. The van der Waals surface area contributed by atoms with E-state index in [9.17, 15) is 19.2 Å². The van der Waals surface area contributed by atoms with Crippen LogP contribution in [-0.2, 0) is 20.4 Å². The molecule has 7 aromatic carbocycles. The van der Waals surface area contributed by atoms with Crippen molar-refractivity contribution in [1.82, 2.24) is 29.5 Å². The highest BCUT2D eigenvalue weighted by atomic mass is 35.5. The van der Waals surface area contributed by atoms with E-state index >= 15 is 0 Å². The summed E-state index contributed by atoms with van der Waals surface area (Å²) in [5.41, 5.74) is 17.6. The maximum atomic E-state index is 13.3. The van der Waals surface area contributed by atoms with Crippen molar-refractivity contribution in [2.45, 2.75) is 66.2 Å². The number of halogens is 1. The molecule has 13 rings (SSSR count). The zero-order chi connectivity index (χ0) is 62.6. The van der Waals surface area contributed by atoms with Gasteiger partial charge in [0.1, 0.15) is 28.8 Å². The first kappa shape index (κ1) is 62.0. The lowest BCUT2D eigenvalue weighted by Crippen LogP contribution is -2.25. The Bertz CT molecular complexity index is 4480. The van der Waals surface area contributed by atoms with Gasteiger partial charge in [-0.05, 0) is 96.4 Å². The van der Waals surface area contributed by atoms with Crippen LogP contribution in [0.25, 0.3) is 55.2 Å². The van der Waals surface area contributed by atoms with Crippen molar-refractivity contribution in [2.24, 2.45) is 0 Å². The van der Waals surface area contributed by atoms with Crippen LogP contribution in [-0.4, -0.2) is 66.7 Å². The smallest absolute Gasteiger partial charge is 0.418 e. The number of aromatic nitrogens is 6. The molecule has 0 spiro atoms. The molecule has 0 saturated carbocycles. The van der Waals surface area contributed by atoms with Crippen LogP contribution in [0.2, 0.25) is 0 Å². The molecule has 4 aromatic heterocycles. The summed E-state index contributed by atoms with van der Waals surface area (Å²) in [6.07, 6.45) is 2.91. The molecule has 90 heavy (non-hydrogen) atoms. The van der Waals surface area contributed by atoms with Gasteiger partial charge in [-0.15, -0.1) is 12.4 Å². The molecule has 0 aliphatic carbocycles. The maximum absolute atomic E-state index is 13.3. The van der Waals surface area contributed by atoms with Gasteiger partial charge in [0.2, 0.25) is 11.8 Å². The molecule has 0 atom stereocenters. The molecular formula is C70H67ClN12O7. The molecule has 0 unspecified atom stereocenters. The van der Waals surface area contributed by atoms with Crippen molar-refractivity contribution < 1.29 is 33.4 Å². The number of carbonyl (C=O) groups is 4. The highest BCUT2D eigenvalue weighted by molar-refractivity contribution is 6.10. The fourth-order valence-electron chi connectivity index (χ4n) is 9.92. The molecule has 11 aromatic rings. The molecule has 2 aliphatic rings. The number of nitrogens with two attached hydrogens (primary N) is 1. The van der Waals surface area contributed by atoms with Crippen LogP contribution in [0.5, 0.6) is 17.5 Å². The third kappa shape index (κ3) is 14.2. The third-order valence-corrected chi connectivity index (χ3v) is 14.6. The number of anilines is 6. The molecule has 19 nitrogen and oxygen atoms in total. The van der Waals surface area contributed by atoms with Gasteiger partial charge >= 0.3 is 12.1 Å². The minimum atomic E-state index is -0.551. The van der Waals surface area contributed by atoms with Gasteiger partial charge in [0.25, 0.3) is 11.8 Å². The summed E-state index contributed by atoms with van der Waals surface area (Å²) < 4.78 is 19.5. The number of ether oxygens (including phenoxy) is 3. The van der Waals surface area contributed by atoms with E-state index < -0.39 is 6.09 Å². The first-order valence-corrected chi connectivity index (χ1v) is 28.8. The van der Waals surface area contributed by atoms with E-state index in [2.05, 4.69) is 83.2 Å². The fraction of sp³-hybridized carbons (Fsp3) is 0.171. The van der Waals surface area contributed by atoms with E-state index in [4.69, 9.17) is 25.0 Å². The molecule has 5 amide bonds. The summed E-state index contributed by atoms with van der Waals surface area (Å²) in [5.74, 6) is 2.08. The fourth-order valence-corrected chi connectivity index (χ4v) is 9.92. The number of nitrogens with one attached hydrogen (secondary N) is 5. The van der Waals surface area contributed by atoms with E-state index in [-0.39, 0.29) is 54.3 Å². The lowest BCUT2D eigenvalue weighted by atomic mass is 9.92. The zero-order valence-corrected chi connectivity index (χ0v) is 51.7.